The van der Waals surface area contributed by atoms with Gasteiger partial charge in [-0.15, -0.1) is 11.6 Å². The van der Waals surface area contributed by atoms with Crippen LogP contribution in [0.25, 0.3) is 0 Å². The second-order valence-electron chi connectivity index (χ2n) is 4.54. The third-order valence-corrected chi connectivity index (χ3v) is 5.02. The van der Waals surface area contributed by atoms with Gasteiger partial charge in [-0.05, 0) is 25.0 Å². The molecule has 114 valence electrons. The van der Waals surface area contributed by atoms with Crippen LogP contribution >= 0.6 is 11.6 Å². The number of nitrogens with one attached hydrogen (secondary N) is 1. The van der Waals surface area contributed by atoms with Gasteiger partial charge in [0.2, 0.25) is 10.0 Å². The first-order chi connectivity index (χ1) is 9.09. The van der Waals surface area contributed by atoms with Gasteiger partial charge < -0.3 is 0 Å². The lowest BCUT2D eigenvalue weighted by molar-refractivity contribution is -0.139. The van der Waals surface area contributed by atoms with Crippen LogP contribution in [0.5, 0.6) is 0 Å². The van der Waals surface area contributed by atoms with Crippen LogP contribution in [0, 0.1) is 5.92 Å². The molecule has 0 aliphatic carbocycles. The largest absolute Gasteiger partial charge is 0.417 e. The average Bonchev–Trinajstić information content (AvgIpc) is 2.36. The van der Waals surface area contributed by atoms with Gasteiger partial charge in [-0.2, -0.15) is 13.2 Å². The lowest BCUT2D eigenvalue weighted by atomic mass is 10.1. The minimum absolute atomic E-state index is 0.199. The van der Waals surface area contributed by atoms with Gasteiger partial charge in [-0.25, -0.2) is 13.1 Å². The molecule has 3 nitrogen and oxygen atoms in total. The molecule has 1 aromatic rings. The maximum Gasteiger partial charge on any atom is 0.417 e. The van der Waals surface area contributed by atoms with Crippen molar-refractivity contribution in [2.24, 2.45) is 5.92 Å². The molecule has 2 atom stereocenters. The Morgan fingerprint density at radius 2 is 1.80 bits per heavy atom. The maximum atomic E-state index is 12.8. The molecule has 0 aromatic heterocycles. The van der Waals surface area contributed by atoms with E-state index >= 15 is 0 Å². The molecule has 0 heterocycles. The summed E-state index contributed by atoms with van der Waals surface area (Å²) in [5.41, 5.74) is -1.18. The van der Waals surface area contributed by atoms with Crippen LogP contribution in [0.3, 0.4) is 0 Å². The van der Waals surface area contributed by atoms with Gasteiger partial charge in [0.1, 0.15) is 0 Å². The fourth-order valence-corrected chi connectivity index (χ4v) is 3.34. The zero-order valence-electron chi connectivity index (χ0n) is 10.9. The molecule has 0 aliphatic rings. The standard InChI is InChI=1S/C12H15ClF3NO2S/c1-8(7-13)9(2)17-20(18,19)11-6-4-3-5-10(11)12(14,15)16/h3-6,8-9,17H,7H2,1-2H3. The summed E-state index contributed by atoms with van der Waals surface area (Å²) in [5, 5.41) is 0. The molecule has 0 fully saturated rings. The van der Waals surface area contributed by atoms with Crippen molar-refractivity contribution in [1.29, 1.82) is 0 Å². The maximum absolute atomic E-state index is 12.8. The van der Waals surface area contributed by atoms with Gasteiger partial charge in [-0.3, -0.25) is 0 Å². The second kappa shape index (κ2) is 6.32. The van der Waals surface area contributed by atoms with Crippen LogP contribution in [0.4, 0.5) is 13.2 Å². The number of halogens is 4. The van der Waals surface area contributed by atoms with Crippen LogP contribution in [-0.2, 0) is 16.2 Å². The SMILES string of the molecule is CC(CCl)C(C)NS(=O)(=O)c1ccccc1C(F)(F)F. The summed E-state index contributed by atoms with van der Waals surface area (Å²) in [6.07, 6.45) is -4.73. The van der Waals surface area contributed by atoms with Gasteiger partial charge in [0.25, 0.3) is 0 Å². The molecule has 1 N–H and O–H groups in total. The predicted molar refractivity (Wildman–Crippen MR) is 71.1 cm³/mol. The molecular weight excluding hydrogens is 315 g/mol. The highest BCUT2D eigenvalue weighted by atomic mass is 35.5. The summed E-state index contributed by atoms with van der Waals surface area (Å²) >= 11 is 5.61. The summed E-state index contributed by atoms with van der Waals surface area (Å²) in [6.45, 7) is 3.26. The first-order valence-corrected chi connectivity index (χ1v) is 7.86. The predicted octanol–water partition coefficient (Wildman–Crippen LogP) is 3.25. The summed E-state index contributed by atoms with van der Waals surface area (Å²) in [4.78, 5) is -0.777. The molecule has 0 aliphatic heterocycles. The van der Waals surface area contributed by atoms with Crippen molar-refractivity contribution >= 4 is 21.6 Å². The third kappa shape index (κ3) is 4.10. The van der Waals surface area contributed by atoms with Gasteiger partial charge in [0.05, 0.1) is 10.5 Å². The molecule has 0 bridgehead atoms. The molecular formula is C12H15ClF3NO2S. The lowest BCUT2D eigenvalue weighted by Crippen LogP contribution is -2.38. The van der Waals surface area contributed by atoms with Gasteiger partial charge in [0.15, 0.2) is 0 Å². The summed E-state index contributed by atoms with van der Waals surface area (Å²) < 4.78 is 64.9. The lowest BCUT2D eigenvalue weighted by Gasteiger charge is -2.20. The molecule has 0 saturated heterocycles. The Labute approximate surface area is 121 Å². The molecule has 0 radical (unpaired) electrons. The monoisotopic (exact) mass is 329 g/mol. The Balaban J connectivity index is 3.17. The highest BCUT2D eigenvalue weighted by molar-refractivity contribution is 7.89. The Morgan fingerprint density at radius 3 is 2.30 bits per heavy atom. The highest BCUT2D eigenvalue weighted by Crippen LogP contribution is 2.34. The van der Waals surface area contributed by atoms with E-state index in [4.69, 9.17) is 11.6 Å². The van der Waals surface area contributed by atoms with Crippen molar-refractivity contribution < 1.29 is 21.6 Å². The van der Waals surface area contributed by atoms with Crippen molar-refractivity contribution in [2.75, 3.05) is 5.88 Å². The summed E-state index contributed by atoms with van der Waals surface area (Å²) in [5.74, 6) is -0.00516. The molecule has 1 aromatic carbocycles. The number of benzene rings is 1. The van der Waals surface area contributed by atoms with Crippen molar-refractivity contribution in [3.63, 3.8) is 0 Å². The summed E-state index contributed by atoms with van der Waals surface area (Å²) in [7, 11) is -4.26. The van der Waals surface area contributed by atoms with E-state index < -0.39 is 32.7 Å². The van der Waals surface area contributed by atoms with E-state index in [9.17, 15) is 21.6 Å². The Morgan fingerprint density at radius 1 is 1.25 bits per heavy atom. The minimum Gasteiger partial charge on any atom is -0.208 e. The van der Waals surface area contributed by atoms with E-state index in [0.717, 1.165) is 18.2 Å². The summed E-state index contributed by atoms with van der Waals surface area (Å²) in [6, 6.07) is 3.50. The van der Waals surface area contributed by atoms with Crippen molar-refractivity contribution in [3.8, 4) is 0 Å². The molecule has 2 unspecified atom stereocenters. The fraction of sp³-hybridized carbons (Fsp3) is 0.500. The number of hydrogen-bond donors (Lipinski definition) is 1. The zero-order chi connectivity index (χ0) is 15.6. The highest BCUT2D eigenvalue weighted by Gasteiger charge is 2.37. The minimum atomic E-state index is -4.73. The molecule has 20 heavy (non-hydrogen) atoms. The quantitative estimate of drug-likeness (QED) is 0.843. The van der Waals surface area contributed by atoms with E-state index in [1.807, 2.05) is 0 Å². The first-order valence-electron chi connectivity index (χ1n) is 5.84. The van der Waals surface area contributed by atoms with Crippen LogP contribution in [0.2, 0.25) is 0 Å². The van der Waals surface area contributed by atoms with Gasteiger partial charge in [0, 0.05) is 11.9 Å². The van der Waals surface area contributed by atoms with Crippen LogP contribution in [0.1, 0.15) is 19.4 Å². The molecule has 0 amide bonds. The topological polar surface area (TPSA) is 46.2 Å². The molecule has 0 spiro atoms. The van der Waals surface area contributed by atoms with E-state index in [1.165, 1.54) is 6.07 Å². The number of alkyl halides is 4. The fourth-order valence-electron chi connectivity index (χ4n) is 1.49. The first kappa shape index (κ1) is 17.3. The number of rotatable bonds is 5. The molecule has 0 saturated carbocycles. The number of hydrogen-bond acceptors (Lipinski definition) is 2. The smallest absolute Gasteiger partial charge is 0.208 e. The Hall–Kier alpha value is -0.790. The van der Waals surface area contributed by atoms with Gasteiger partial charge >= 0.3 is 6.18 Å². The van der Waals surface area contributed by atoms with Crippen LogP contribution in [0.15, 0.2) is 29.2 Å². The third-order valence-electron chi connectivity index (χ3n) is 2.92. The van der Waals surface area contributed by atoms with E-state index in [2.05, 4.69) is 4.72 Å². The Bertz CT molecular complexity index is 560. The van der Waals surface area contributed by atoms with Crippen LogP contribution in [-0.4, -0.2) is 20.3 Å². The van der Waals surface area contributed by atoms with Crippen molar-refractivity contribution in [1.82, 2.24) is 4.72 Å². The average molecular weight is 330 g/mol. The zero-order valence-corrected chi connectivity index (χ0v) is 12.5. The van der Waals surface area contributed by atoms with E-state index in [0.29, 0.717) is 0 Å². The Kier molecular flexibility index (Phi) is 5.46. The molecule has 1 rings (SSSR count). The van der Waals surface area contributed by atoms with Crippen LogP contribution < -0.4 is 4.72 Å². The van der Waals surface area contributed by atoms with Crippen molar-refractivity contribution in [3.05, 3.63) is 29.8 Å². The van der Waals surface area contributed by atoms with E-state index in [1.54, 1.807) is 13.8 Å². The molecule has 8 heteroatoms. The van der Waals surface area contributed by atoms with Crippen molar-refractivity contribution in [2.45, 2.75) is 31.0 Å². The van der Waals surface area contributed by atoms with E-state index in [-0.39, 0.29) is 11.8 Å². The van der Waals surface area contributed by atoms with Gasteiger partial charge in [-0.1, -0.05) is 19.1 Å². The second-order valence-corrected chi connectivity index (χ2v) is 6.53. The number of sulfonamides is 1. The normalized spacial score (nSPS) is 15.9.